The number of halogens is 1. The third-order valence-corrected chi connectivity index (χ3v) is 0.821. The molecule has 0 fully saturated rings. The molecular weight excluding hydrogens is 215 g/mol. The van der Waals surface area contributed by atoms with Gasteiger partial charge in [-0.3, -0.25) is 0 Å². The van der Waals surface area contributed by atoms with Crippen LogP contribution in [0.15, 0.2) is 10.2 Å². The summed E-state index contributed by atoms with van der Waals surface area (Å²) in [4.78, 5) is 0. The third-order valence-electron chi connectivity index (χ3n) is 0.405. The van der Waals surface area contributed by atoms with E-state index in [1.165, 1.54) is 6.21 Å². The molecule has 3 heteroatoms. The molecule has 0 unspecified atom stereocenters. The first kappa shape index (κ1) is 7.59. The van der Waals surface area contributed by atoms with E-state index in [1.54, 1.807) is 12.3 Å². The molecule has 42 valence electrons. The summed E-state index contributed by atoms with van der Waals surface area (Å²) in [5.74, 6) is 0. The first-order valence-electron chi connectivity index (χ1n) is 2.02. The zero-order valence-corrected chi connectivity index (χ0v) is 6.37. The van der Waals surface area contributed by atoms with E-state index >= 15 is 0 Å². The maximum Gasteiger partial charge on any atom is 0.309 e. The second-order valence-corrected chi connectivity index (χ2v) is 1.65. The van der Waals surface area contributed by atoms with Gasteiger partial charge in [0.25, 0.3) is 6.21 Å². The van der Waals surface area contributed by atoms with Crippen LogP contribution in [0.1, 0.15) is 0 Å². The van der Waals surface area contributed by atoms with Crippen LogP contribution in [0.4, 0.5) is 0 Å². The summed E-state index contributed by atoms with van der Waals surface area (Å²) >= 11 is 2.10. The number of nitrogens with zero attached hydrogens (tertiary/aromatic N) is 1. The first-order valence-corrected chi connectivity index (χ1v) is 3.27. The van der Waals surface area contributed by atoms with Gasteiger partial charge in [0.2, 0.25) is 0 Å². The number of nitrogens with one attached hydrogen (secondary N) is 1. The third kappa shape index (κ3) is 5.59. The minimum atomic E-state index is 1.14. The fourth-order valence-corrected chi connectivity index (χ4v) is 0.361. The topological polar surface area (TPSA) is 38.0 Å². The molecule has 0 spiro atoms. The minimum Gasteiger partial charge on any atom is -0.301 e. The Kier molecular flexibility index (Phi) is 6.25. The first-order chi connectivity index (χ1) is 3.91. The molecule has 0 aliphatic heterocycles. The Morgan fingerprint density at radius 3 is 2.62 bits per heavy atom. The van der Waals surface area contributed by atoms with Crippen molar-refractivity contribution in [3.63, 3.8) is 0 Å². The van der Waals surface area contributed by atoms with E-state index in [0.717, 1.165) is 6.21 Å². The van der Waals surface area contributed by atoms with E-state index in [-0.39, 0.29) is 0 Å². The van der Waals surface area contributed by atoms with Crippen LogP contribution < -0.4 is 4.67 Å². The van der Waals surface area contributed by atoms with E-state index in [0.29, 0.717) is 0 Å². The smallest absolute Gasteiger partial charge is 0.301 e. The molecule has 0 amide bonds. The molecule has 2 nitrogen and oxygen atoms in total. The Hall–Kier alpha value is -0.410. The van der Waals surface area contributed by atoms with Gasteiger partial charge in [-0.2, -0.15) is 0 Å². The summed E-state index contributed by atoms with van der Waals surface area (Å²) in [7, 11) is 0. The molecule has 0 rings (SSSR count). The van der Waals surface area contributed by atoms with Crippen molar-refractivity contribution in [2.45, 2.75) is 0 Å². The lowest BCUT2D eigenvalue weighted by Crippen LogP contribution is -1.78. The highest BCUT2D eigenvalue weighted by Gasteiger charge is 1.67. The number of rotatable bonds is 2. The van der Waals surface area contributed by atoms with Crippen LogP contribution in [0.3, 0.4) is 0 Å². The van der Waals surface area contributed by atoms with Gasteiger partial charge in [-0.15, -0.1) is 0 Å². The van der Waals surface area contributed by atoms with Crippen molar-refractivity contribution in [3.8, 4) is 0 Å². The molecule has 0 heterocycles. The summed E-state index contributed by atoms with van der Waals surface area (Å²) in [5.41, 5.74) is 0. The van der Waals surface area contributed by atoms with Crippen LogP contribution in [-0.4, -0.2) is 18.6 Å². The molecule has 8 heavy (non-hydrogen) atoms. The van der Waals surface area contributed by atoms with Crippen molar-refractivity contribution in [3.05, 3.63) is 10.2 Å². The van der Waals surface area contributed by atoms with Crippen molar-refractivity contribution in [1.82, 2.24) is 4.67 Å². The van der Waals surface area contributed by atoms with Gasteiger partial charge in [0, 0.05) is 6.08 Å². The van der Waals surface area contributed by atoms with Crippen LogP contribution in [0, 0.1) is 5.41 Å². The highest BCUT2D eigenvalue weighted by Crippen LogP contribution is 1.77. The predicted molar refractivity (Wildman–Crippen MR) is 46.2 cm³/mol. The lowest BCUT2D eigenvalue weighted by atomic mass is 10.7. The van der Waals surface area contributed by atoms with Crippen LogP contribution in [-0.2, 0) is 0 Å². The molecular formula is C5H6IN2+. The Morgan fingerprint density at radius 2 is 2.12 bits per heavy atom. The van der Waals surface area contributed by atoms with E-state index in [4.69, 9.17) is 5.41 Å². The molecule has 0 bridgehead atoms. The molecule has 0 aliphatic rings. The van der Waals surface area contributed by atoms with Crippen LogP contribution in [0.5, 0.6) is 0 Å². The predicted octanol–water partition coefficient (Wildman–Crippen LogP) is 0.793. The highest BCUT2D eigenvalue weighted by atomic mass is 127. The largest absolute Gasteiger partial charge is 0.309 e. The molecule has 0 aromatic carbocycles. The lowest BCUT2D eigenvalue weighted by Gasteiger charge is -1.48. The number of allylic oxidation sites excluding steroid dienone is 1. The van der Waals surface area contributed by atoms with Crippen LogP contribution in [0.25, 0.3) is 0 Å². The monoisotopic (exact) mass is 221 g/mol. The van der Waals surface area contributed by atoms with Crippen molar-refractivity contribution in [2.24, 2.45) is 0 Å². The maximum absolute atomic E-state index is 6.52. The van der Waals surface area contributed by atoms with Crippen LogP contribution in [0.2, 0.25) is 0 Å². The fourth-order valence-electron chi connectivity index (χ4n) is 0.175. The average molecular weight is 221 g/mol. The van der Waals surface area contributed by atoms with Gasteiger partial charge in [0.15, 0.2) is 0 Å². The number of hydrogen-bond acceptors (Lipinski definition) is 1. The molecule has 0 aromatic heterocycles. The Morgan fingerprint density at radius 1 is 1.38 bits per heavy atom. The van der Waals surface area contributed by atoms with Gasteiger partial charge in [0.05, 0.1) is 0 Å². The second-order valence-electron chi connectivity index (χ2n) is 0.932. The number of hydrogen-bond donors (Lipinski definition) is 1. The normalized spacial score (nSPS) is 8.12. The molecule has 0 saturated heterocycles. The Labute approximate surface area is 61.7 Å². The fraction of sp³-hybridized carbons (Fsp3) is 0. The zero-order valence-electron chi connectivity index (χ0n) is 4.21. The highest BCUT2D eigenvalue weighted by molar-refractivity contribution is 14.1. The van der Waals surface area contributed by atoms with E-state index in [1.807, 2.05) is 4.08 Å². The summed E-state index contributed by atoms with van der Waals surface area (Å²) in [5, 5.41) is 6.52. The average Bonchev–Trinajstić information content (AvgIpc) is 1.81. The SMILES string of the molecule is N=CC=[N+]=C/C=C\I. The van der Waals surface area contributed by atoms with Crippen molar-refractivity contribution >= 4 is 41.2 Å². The van der Waals surface area contributed by atoms with Gasteiger partial charge in [-0.05, 0) is 4.08 Å². The molecule has 0 radical (unpaired) electrons. The molecule has 0 saturated carbocycles. The summed E-state index contributed by atoms with van der Waals surface area (Å²) < 4.78 is 5.54. The zero-order chi connectivity index (χ0) is 6.24. The van der Waals surface area contributed by atoms with E-state index < -0.39 is 0 Å². The maximum atomic E-state index is 6.52. The lowest BCUT2D eigenvalue weighted by molar-refractivity contribution is 1.59. The standard InChI is InChI=1S/C5H6IN2/c6-2-1-4-8-5-3-7/h1-5,7H/q+1/b2-1-,7-3?. The van der Waals surface area contributed by atoms with Crippen molar-refractivity contribution in [2.75, 3.05) is 0 Å². The minimum absolute atomic E-state index is 1.14. The summed E-state index contributed by atoms with van der Waals surface area (Å²) in [6, 6.07) is 0. The van der Waals surface area contributed by atoms with Gasteiger partial charge < -0.3 is 5.41 Å². The quantitative estimate of drug-likeness (QED) is 0.406. The van der Waals surface area contributed by atoms with Crippen molar-refractivity contribution in [1.29, 1.82) is 5.41 Å². The van der Waals surface area contributed by atoms with Crippen LogP contribution >= 0.6 is 22.6 Å². The van der Waals surface area contributed by atoms with Gasteiger partial charge >= 0.3 is 6.21 Å². The van der Waals surface area contributed by atoms with E-state index in [9.17, 15) is 0 Å². The Balaban J connectivity index is 3.63. The molecule has 0 aromatic rings. The molecule has 0 atom stereocenters. The van der Waals surface area contributed by atoms with Crippen molar-refractivity contribution < 1.29 is 0 Å². The Bertz CT molecular complexity index is 143. The van der Waals surface area contributed by atoms with Gasteiger partial charge in [0.1, 0.15) is 6.21 Å². The van der Waals surface area contributed by atoms with Gasteiger partial charge in [-0.25, -0.2) is 0 Å². The van der Waals surface area contributed by atoms with Gasteiger partial charge in [-0.1, -0.05) is 27.3 Å². The molecule has 0 aliphatic carbocycles. The summed E-state index contributed by atoms with van der Waals surface area (Å²) in [6.07, 6.45) is 5.96. The second kappa shape index (κ2) is 6.59. The summed E-state index contributed by atoms with van der Waals surface area (Å²) in [6.45, 7) is 0. The molecule has 1 N–H and O–H groups in total. The van der Waals surface area contributed by atoms with E-state index in [2.05, 4.69) is 27.3 Å².